The first kappa shape index (κ1) is 16.8. The monoisotopic (exact) mass is 360 g/mol. The van der Waals surface area contributed by atoms with Crippen LogP contribution in [-0.2, 0) is 10.0 Å². The molecule has 0 bridgehead atoms. The number of benzene rings is 1. The van der Waals surface area contributed by atoms with Gasteiger partial charge >= 0.3 is 0 Å². The highest BCUT2D eigenvalue weighted by Gasteiger charge is 2.23. The topological polar surface area (TPSA) is 94.0 Å². The highest BCUT2D eigenvalue weighted by Crippen LogP contribution is 2.20. The first-order valence-corrected chi connectivity index (χ1v) is 8.61. The number of carbonyl (C=O) groups is 1. The molecule has 3 rings (SSSR count). The van der Waals surface area contributed by atoms with Gasteiger partial charge in [0.05, 0.1) is 18.1 Å². The molecular weight excluding hydrogens is 347 g/mol. The molecule has 0 spiro atoms. The Labute approximate surface area is 143 Å². The lowest BCUT2D eigenvalue weighted by Crippen LogP contribution is -2.16. The van der Waals surface area contributed by atoms with Crippen LogP contribution in [0.3, 0.4) is 0 Å². The van der Waals surface area contributed by atoms with Gasteiger partial charge in [0.25, 0.3) is 15.9 Å². The summed E-state index contributed by atoms with van der Waals surface area (Å²) < 4.78 is 39.5. The lowest BCUT2D eigenvalue weighted by Gasteiger charge is -2.06. The minimum Gasteiger partial charge on any atom is -0.318 e. The first-order chi connectivity index (χ1) is 11.9. The largest absolute Gasteiger partial charge is 0.318 e. The van der Waals surface area contributed by atoms with Crippen molar-refractivity contribution in [2.45, 2.75) is 11.8 Å². The third kappa shape index (κ3) is 3.41. The smallest absolute Gasteiger partial charge is 0.285 e. The van der Waals surface area contributed by atoms with Crippen LogP contribution in [0.5, 0.6) is 0 Å². The fourth-order valence-corrected chi connectivity index (χ4v) is 3.38. The lowest BCUT2D eigenvalue weighted by molar-refractivity contribution is 0.102. The predicted molar refractivity (Wildman–Crippen MR) is 88.1 cm³/mol. The van der Waals surface area contributed by atoms with Crippen LogP contribution in [0.15, 0.2) is 59.9 Å². The number of aromatic nitrogens is 3. The average molecular weight is 360 g/mol. The van der Waals surface area contributed by atoms with E-state index in [1.165, 1.54) is 24.4 Å². The van der Waals surface area contributed by atoms with E-state index in [1.807, 2.05) is 0 Å². The Morgan fingerprint density at radius 1 is 1.24 bits per heavy atom. The predicted octanol–water partition coefficient (Wildman–Crippen LogP) is 2.21. The zero-order chi connectivity index (χ0) is 18.0. The molecule has 0 saturated heterocycles. The van der Waals surface area contributed by atoms with E-state index in [2.05, 4.69) is 15.4 Å². The van der Waals surface area contributed by atoms with Crippen molar-refractivity contribution in [2.24, 2.45) is 0 Å². The van der Waals surface area contributed by atoms with Crippen molar-refractivity contribution < 1.29 is 17.6 Å². The van der Waals surface area contributed by atoms with Crippen molar-refractivity contribution in [3.63, 3.8) is 0 Å². The van der Waals surface area contributed by atoms with Crippen molar-refractivity contribution in [3.8, 4) is 0 Å². The molecule has 1 N–H and O–H groups in total. The first-order valence-electron chi connectivity index (χ1n) is 7.17. The summed E-state index contributed by atoms with van der Waals surface area (Å²) in [7, 11) is -4.21. The standard InChI is InChI=1S/C16H13FN4O3S/c1-11-5-6-13(17)15(8-11)25(23,24)21-10-12(9-19-21)20-16(22)14-4-2-3-7-18-14/h2-10H,1H3,(H,20,22). The van der Waals surface area contributed by atoms with Gasteiger partial charge in [0.15, 0.2) is 0 Å². The third-order valence-electron chi connectivity index (χ3n) is 3.33. The quantitative estimate of drug-likeness (QED) is 0.770. The Morgan fingerprint density at radius 2 is 2.04 bits per heavy atom. The van der Waals surface area contributed by atoms with Crippen LogP contribution >= 0.6 is 0 Å². The Kier molecular flexibility index (Phi) is 4.32. The molecule has 0 aliphatic carbocycles. The number of hydrogen-bond donors (Lipinski definition) is 1. The molecular formula is C16H13FN4O3S. The normalized spacial score (nSPS) is 11.3. The Morgan fingerprint density at radius 3 is 2.76 bits per heavy atom. The molecule has 25 heavy (non-hydrogen) atoms. The van der Waals surface area contributed by atoms with Crippen LogP contribution in [0.4, 0.5) is 10.1 Å². The van der Waals surface area contributed by atoms with E-state index < -0.39 is 26.6 Å². The van der Waals surface area contributed by atoms with Gasteiger partial charge in [-0.1, -0.05) is 12.1 Å². The summed E-state index contributed by atoms with van der Waals surface area (Å²) in [6, 6.07) is 8.59. The fraction of sp³-hybridized carbons (Fsp3) is 0.0625. The minimum atomic E-state index is -4.21. The van der Waals surface area contributed by atoms with Crippen LogP contribution in [0.1, 0.15) is 16.1 Å². The summed E-state index contributed by atoms with van der Waals surface area (Å²) in [5.41, 5.74) is 0.908. The number of amides is 1. The third-order valence-corrected chi connectivity index (χ3v) is 4.89. The maximum absolute atomic E-state index is 13.9. The van der Waals surface area contributed by atoms with Gasteiger partial charge in [0.2, 0.25) is 0 Å². The maximum Gasteiger partial charge on any atom is 0.285 e. The van der Waals surface area contributed by atoms with Crippen LogP contribution in [0, 0.1) is 12.7 Å². The van der Waals surface area contributed by atoms with E-state index in [4.69, 9.17) is 0 Å². The molecule has 7 nitrogen and oxygen atoms in total. The van der Waals surface area contributed by atoms with Crippen molar-refractivity contribution in [2.75, 3.05) is 5.32 Å². The van der Waals surface area contributed by atoms with E-state index in [-0.39, 0.29) is 11.4 Å². The van der Waals surface area contributed by atoms with E-state index in [9.17, 15) is 17.6 Å². The molecule has 128 valence electrons. The van der Waals surface area contributed by atoms with E-state index in [0.717, 1.165) is 18.5 Å². The number of nitrogens with zero attached hydrogens (tertiary/aromatic N) is 3. The molecule has 0 aliphatic heterocycles. The van der Waals surface area contributed by atoms with Crippen molar-refractivity contribution in [1.29, 1.82) is 0 Å². The van der Waals surface area contributed by atoms with Gasteiger partial charge in [0.1, 0.15) is 16.4 Å². The molecule has 0 saturated carbocycles. The van der Waals surface area contributed by atoms with Crippen LogP contribution in [0.2, 0.25) is 0 Å². The van der Waals surface area contributed by atoms with E-state index >= 15 is 0 Å². The van der Waals surface area contributed by atoms with E-state index in [1.54, 1.807) is 19.1 Å². The second kappa shape index (κ2) is 6.44. The lowest BCUT2D eigenvalue weighted by atomic mass is 10.2. The molecule has 0 atom stereocenters. The maximum atomic E-state index is 13.9. The molecule has 0 fully saturated rings. The molecule has 1 aromatic carbocycles. The second-order valence-corrected chi connectivity index (χ2v) is 6.97. The minimum absolute atomic E-state index is 0.146. The van der Waals surface area contributed by atoms with E-state index in [0.29, 0.717) is 9.65 Å². The van der Waals surface area contributed by atoms with Crippen molar-refractivity contribution in [1.82, 2.24) is 14.2 Å². The Balaban J connectivity index is 1.88. The number of hydrogen-bond acceptors (Lipinski definition) is 5. The van der Waals surface area contributed by atoms with Crippen LogP contribution in [0.25, 0.3) is 0 Å². The van der Waals surface area contributed by atoms with Crippen LogP contribution < -0.4 is 5.32 Å². The van der Waals surface area contributed by atoms with Gasteiger partial charge in [-0.05, 0) is 36.8 Å². The fourth-order valence-electron chi connectivity index (χ4n) is 2.10. The number of rotatable bonds is 4. The molecule has 9 heteroatoms. The van der Waals surface area contributed by atoms with Gasteiger partial charge in [-0.25, -0.2) is 4.39 Å². The average Bonchev–Trinajstić information content (AvgIpc) is 3.07. The summed E-state index contributed by atoms with van der Waals surface area (Å²) in [5, 5.41) is 6.19. The van der Waals surface area contributed by atoms with Gasteiger partial charge < -0.3 is 5.32 Å². The summed E-state index contributed by atoms with van der Waals surface area (Å²) >= 11 is 0. The zero-order valence-electron chi connectivity index (χ0n) is 13.0. The number of anilines is 1. The van der Waals surface area contributed by atoms with Gasteiger partial charge in [-0.2, -0.15) is 17.6 Å². The number of pyridine rings is 1. The molecule has 0 radical (unpaired) electrons. The molecule has 3 aromatic rings. The van der Waals surface area contributed by atoms with Crippen LogP contribution in [-0.4, -0.2) is 28.5 Å². The zero-order valence-corrected chi connectivity index (χ0v) is 13.9. The summed E-state index contributed by atoms with van der Waals surface area (Å²) in [6.07, 6.45) is 3.72. The second-order valence-electron chi connectivity index (χ2n) is 5.21. The molecule has 2 aromatic heterocycles. The SMILES string of the molecule is Cc1ccc(F)c(S(=O)(=O)n2cc(NC(=O)c3ccccn3)cn2)c1. The molecule has 1 amide bonds. The molecule has 0 aliphatic rings. The summed E-state index contributed by atoms with van der Waals surface area (Å²) in [4.78, 5) is 15.4. The van der Waals surface area contributed by atoms with Crippen molar-refractivity contribution >= 4 is 21.6 Å². The summed E-state index contributed by atoms with van der Waals surface area (Å²) in [5.74, 6) is -1.39. The Bertz CT molecular complexity index is 1030. The number of aryl methyl sites for hydroxylation is 1. The molecule has 2 heterocycles. The summed E-state index contributed by atoms with van der Waals surface area (Å²) in [6.45, 7) is 1.65. The highest BCUT2D eigenvalue weighted by atomic mass is 32.2. The number of carbonyl (C=O) groups excluding carboxylic acids is 1. The van der Waals surface area contributed by atoms with Gasteiger partial charge in [-0.3, -0.25) is 9.78 Å². The highest BCUT2D eigenvalue weighted by molar-refractivity contribution is 7.89. The van der Waals surface area contributed by atoms with Crippen molar-refractivity contribution in [3.05, 3.63) is 72.1 Å². The van der Waals surface area contributed by atoms with Gasteiger partial charge in [0, 0.05) is 6.20 Å². The molecule has 0 unspecified atom stereocenters. The Hall–Kier alpha value is -3.07. The number of halogens is 1. The van der Waals surface area contributed by atoms with Gasteiger partial charge in [-0.15, -0.1) is 0 Å². The number of nitrogens with one attached hydrogen (secondary N) is 1.